The number of carbonyl (C=O) groups excluding carboxylic acids is 1. The highest BCUT2D eigenvalue weighted by molar-refractivity contribution is 5.83. The molecule has 1 heterocycles. The van der Waals surface area contributed by atoms with Gasteiger partial charge >= 0.3 is 12.0 Å². The molecule has 2 fully saturated rings. The fraction of sp³-hybridized carbons (Fsp3) is 0.846. The van der Waals surface area contributed by atoms with Gasteiger partial charge < -0.3 is 20.4 Å². The van der Waals surface area contributed by atoms with Gasteiger partial charge in [-0.3, -0.25) is 0 Å². The first-order valence-corrected chi connectivity index (χ1v) is 6.95. The molecular weight excluding hydrogens is 248 g/mol. The number of carboxylic acid groups (broad SMARTS) is 1. The van der Waals surface area contributed by atoms with Crippen LogP contribution in [0.2, 0.25) is 0 Å². The zero-order valence-electron chi connectivity index (χ0n) is 11.2. The molecule has 1 saturated heterocycles. The van der Waals surface area contributed by atoms with Gasteiger partial charge in [-0.05, 0) is 31.6 Å². The van der Waals surface area contributed by atoms with Crippen LogP contribution in [0.5, 0.6) is 0 Å². The van der Waals surface area contributed by atoms with Gasteiger partial charge in [0.25, 0.3) is 0 Å². The van der Waals surface area contributed by atoms with Crippen LogP contribution < -0.4 is 5.32 Å². The van der Waals surface area contributed by atoms with E-state index < -0.39 is 18.1 Å². The van der Waals surface area contributed by atoms with Crippen molar-refractivity contribution in [1.29, 1.82) is 0 Å². The Balaban J connectivity index is 1.90. The molecule has 1 aliphatic carbocycles. The van der Waals surface area contributed by atoms with E-state index in [0.29, 0.717) is 5.92 Å². The number of β-amino-alcohol motifs (C(OH)–C–C–N with tert-alkyl or cyclic N) is 1. The molecule has 108 valence electrons. The Morgan fingerprint density at radius 3 is 2.42 bits per heavy atom. The normalized spacial score (nSPS) is 35.2. The van der Waals surface area contributed by atoms with E-state index in [1.807, 2.05) is 0 Å². The van der Waals surface area contributed by atoms with Crippen molar-refractivity contribution >= 4 is 12.0 Å². The number of amides is 2. The van der Waals surface area contributed by atoms with Crippen molar-refractivity contribution in [3.8, 4) is 0 Å². The number of carboxylic acids is 1. The molecule has 19 heavy (non-hydrogen) atoms. The van der Waals surface area contributed by atoms with E-state index in [-0.39, 0.29) is 25.0 Å². The van der Waals surface area contributed by atoms with Crippen LogP contribution in [0.4, 0.5) is 4.79 Å². The molecule has 6 nitrogen and oxygen atoms in total. The maximum atomic E-state index is 12.1. The molecule has 3 N–H and O–H groups in total. The molecule has 0 unspecified atom stereocenters. The number of likely N-dealkylation sites (tertiary alicyclic amines) is 1. The van der Waals surface area contributed by atoms with Gasteiger partial charge in [0.1, 0.15) is 6.04 Å². The Hall–Kier alpha value is -1.30. The highest BCUT2D eigenvalue weighted by Crippen LogP contribution is 2.24. The van der Waals surface area contributed by atoms with Crippen molar-refractivity contribution < 1.29 is 19.8 Å². The number of rotatable bonds is 2. The number of aliphatic carboxylic acids is 1. The van der Waals surface area contributed by atoms with Gasteiger partial charge in [-0.2, -0.15) is 0 Å². The summed E-state index contributed by atoms with van der Waals surface area (Å²) in [7, 11) is 0. The molecule has 0 bridgehead atoms. The zero-order chi connectivity index (χ0) is 14.0. The third kappa shape index (κ3) is 3.37. The quantitative estimate of drug-likeness (QED) is 0.692. The van der Waals surface area contributed by atoms with Crippen LogP contribution in [0.25, 0.3) is 0 Å². The minimum absolute atomic E-state index is 0.103. The summed E-state index contributed by atoms with van der Waals surface area (Å²) in [5.74, 6) is -0.350. The van der Waals surface area contributed by atoms with Gasteiger partial charge in [0, 0.05) is 19.0 Å². The maximum Gasteiger partial charge on any atom is 0.326 e. The molecule has 1 aliphatic heterocycles. The van der Waals surface area contributed by atoms with Gasteiger partial charge in [0.05, 0.1) is 6.10 Å². The van der Waals surface area contributed by atoms with E-state index >= 15 is 0 Å². The molecule has 2 atom stereocenters. The van der Waals surface area contributed by atoms with Crippen LogP contribution >= 0.6 is 0 Å². The smallest absolute Gasteiger partial charge is 0.326 e. The highest BCUT2D eigenvalue weighted by atomic mass is 16.4. The summed E-state index contributed by atoms with van der Waals surface area (Å²) in [6, 6.07) is -1.13. The van der Waals surface area contributed by atoms with Crippen LogP contribution in [-0.2, 0) is 4.79 Å². The Bertz CT molecular complexity index is 353. The summed E-state index contributed by atoms with van der Waals surface area (Å²) in [6.45, 7) is 2.31. The fourth-order valence-corrected chi connectivity index (χ4v) is 2.93. The standard InChI is InChI=1S/C13H22N2O4/c1-8-2-4-9(5-3-8)14-13(19)15-7-10(16)6-11(15)12(17)18/h8-11,16H,2-7H2,1H3,(H,14,19)(H,17,18)/t8?,9?,10-,11+/m1/s1. The molecule has 0 spiro atoms. The van der Waals surface area contributed by atoms with Crippen LogP contribution in [0.3, 0.4) is 0 Å². The molecular formula is C13H22N2O4. The summed E-state index contributed by atoms with van der Waals surface area (Å²) in [5.41, 5.74) is 0. The van der Waals surface area contributed by atoms with Crippen LogP contribution in [0, 0.1) is 5.92 Å². The predicted molar refractivity (Wildman–Crippen MR) is 68.7 cm³/mol. The largest absolute Gasteiger partial charge is 0.480 e. The Morgan fingerprint density at radius 1 is 1.21 bits per heavy atom. The number of urea groups is 1. The minimum Gasteiger partial charge on any atom is -0.480 e. The summed E-state index contributed by atoms with van der Waals surface area (Å²) in [5, 5.41) is 21.5. The van der Waals surface area contributed by atoms with E-state index in [2.05, 4.69) is 12.2 Å². The second-order valence-electron chi connectivity index (χ2n) is 5.80. The van der Waals surface area contributed by atoms with E-state index in [1.54, 1.807) is 0 Å². The van der Waals surface area contributed by atoms with Gasteiger partial charge in [-0.25, -0.2) is 9.59 Å². The lowest BCUT2D eigenvalue weighted by molar-refractivity contribution is -0.141. The predicted octanol–water partition coefficient (Wildman–Crippen LogP) is 0.794. The second kappa shape index (κ2) is 5.77. The molecule has 1 saturated carbocycles. The molecule has 0 radical (unpaired) electrons. The van der Waals surface area contributed by atoms with Crippen molar-refractivity contribution in [3.05, 3.63) is 0 Å². The summed E-state index contributed by atoms with van der Waals surface area (Å²) in [4.78, 5) is 24.4. The Kier molecular flexibility index (Phi) is 4.29. The number of carbonyl (C=O) groups is 2. The average Bonchev–Trinajstić information content (AvgIpc) is 2.74. The molecule has 0 aromatic carbocycles. The van der Waals surface area contributed by atoms with E-state index in [1.165, 1.54) is 4.90 Å². The summed E-state index contributed by atoms with van der Waals surface area (Å²) in [6.07, 6.45) is 3.46. The lowest BCUT2D eigenvalue weighted by Gasteiger charge is -2.30. The second-order valence-corrected chi connectivity index (χ2v) is 5.80. The Morgan fingerprint density at radius 2 is 1.84 bits per heavy atom. The van der Waals surface area contributed by atoms with Crippen molar-refractivity contribution in [3.63, 3.8) is 0 Å². The zero-order valence-corrected chi connectivity index (χ0v) is 11.2. The Labute approximate surface area is 112 Å². The van der Waals surface area contributed by atoms with Gasteiger partial charge in [0.2, 0.25) is 0 Å². The van der Waals surface area contributed by atoms with Crippen LogP contribution in [0.1, 0.15) is 39.0 Å². The van der Waals surface area contributed by atoms with E-state index in [4.69, 9.17) is 5.11 Å². The molecule has 0 aromatic rings. The molecule has 2 amide bonds. The third-order valence-corrected chi connectivity index (χ3v) is 4.17. The summed E-state index contributed by atoms with van der Waals surface area (Å²) >= 11 is 0. The lowest BCUT2D eigenvalue weighted by Crippen LogP contribution is -2.49. The van der Waals surface area contributed by atoms with E-state index in [9.17, 15) is 14.7 Å². The van der Waals surface area contributed by atoms with Gasteiger partial charge in [-0.15, -0.1) is 0 Å². The molecule has 2 rings (SSSR count). The first-order chi connectivity index (χ1) is 8.97. The number of aliphatic hydroxyl groups is 1. The number of aliphatic hydroxyl groups excluding tert-OH is 1. The molecule has 6 heteroatoms. The van der Waals surface area contributed by atoms with E-state index in [0.717, 1.165) is 25.7 Å². The first kappa shape index (κ1) is 14.1. The number of nitrogens with one attached hydrogen (secondary N) is 1. The SMILES string of the molecule is CC1CCC(NC(=O)N2C[C@H](O)C[C@H]2C(=O)O)CC1. The van der Waals surface area contributed by atoms with Crippen molar-refractivity contribution in [2.24, 2.45) is 5.92 Å². The number of nitrogens with zero attached hydrogens (tertiary/aromatic N) is 1. The number of hydrogen-bond acceptors (Lipinski definition) is 3. The topological polar surface area (TPSA) is 89.9 Å². The molecule has 0 aromatic heterocycles. The third-order valence-electron chi connectivity index (χ3n) is 4.17. The number of hydrogen-bond donors (Lipinski definition) is 3. The van der Waals surface area contributed by atoms with Crippen molar-refractivity contribution in [1.82, 2.24) is 10.2 Å². The monoisotopic (exact) mass is 270 g/mol. The van der Waals surface area contributed by atoms with Crippen LogP contribution in [-0.4, -0.2) is 51.8 Å². The maximum absolute atomic E-state index is 12.1. The van der Waals surface area contributed by atoms with Gasteiger partial charge in [0.15, 0.2) is 0 Å². The minimum atomic E-state index is -1.05. The fourth-order valence-electron chi connectivity index (χ4n) is 2.93. The van der Waals surface area contributed by atoms with Gasteiger partial charge in [-0.1, -0.05) is 6.92 Å². The first-order valence-electron chi connectivity index (χ1n) is 6.95. The highest BCUT2D eigenvalue weighted by Gasteiger charge is 2.39. The average molecular weight is 270 g/mol. The summed E-state index contributed by atoms with van der Waals surface area (Å²) < 4.78 is 0. The van der Waals surface area contributed by atoms with Crippen molar-refractivity contribution in [2.75, 3.05) is 6.54 Å². The van der Waals surface area contributed by atoms with Crippen LogP contribution in [0.15, 0.2) is 0 Å². The van der Waals surface area contributed by atoms with Crippen molar-refractivity contribution in [2.45, 2.75) is 57.2 Å². The lowest BCUT2D eigenvalue weighted by atomic mass is 9.87. The molecule has 2 aliphatic rings.